The Morgan fingerprint density at radius 3 is 2.38 bits per heavy atom. The van der Waals surface area contributed by atoms with Gasteiger partial charge >= 0.3 is 0 Å². The van der Waals surface area contributed by atoms with Gasteiger partial charge in [0, 0.05) is 10.1 Å². The number of hydrogen-bond acceptors (Lipinski definition) is 1. The fourth-order valence-electron chi connectivity index (χ4n) is 1.47. The maximum atomic E-state index is 3.33. The topological polar surface area (TPSA) is 12.0 Å². The van der Waals surface area contributed by atoms with E-state index >= 15 is 0 Å². The molecule has 1 radical (unpaired) electrons. The molecule has 1 N–H and O–H groups in total. The SMILES string of the molecule is Ic1ccccc1CN[CH]c1ccccc1. The van der Waals surface area contributed by atoms with E-state index in [1.807, 2.05) is 24.7 Å². The van der Waals surface area contributed by atoms with Crippen molar-refractivity contribution in [3.63, 3.8) is 0 Å². The van der Waals surface area contributed by atoms with Gasteiger partial charge in [-0.15, -0.1) is 0 Å². The molecule has 2 aromatic rings. The van der Waals surface area contributed by atoms with Crippen LogP contribution in [0.3, 0.4) is 0 Å². The van der Waals surface area contributed by atoms with Crippen LogP contribution in [0.5, 0.6) is 0 Å². The predicted octanol–water partition coefficient (Wildman–Crippen LogP) is 3.59. The Morgan fingerprint density at radius 1 is 0.938 bits per heavy atom. The van der Waals surface area contributed by atoms with Crippen molar-refractivity contribution in [3.05, 3.63) is 75.8 Å². The largest absolute Gasteiger partial charge is 0.304 e. The number of rotatable bonds is 4. The first-order chi connectivity index (χ1) is 7.86. The summed E-state index contributed by atoms with van der Waals surface area (Å²) in [5.74, 6) is 0. The van der Waals surface area contributed by atoms with Crippen molar-refractivity contribution in [2.45, 2.75) is 6.54 Å². The molecular weight excluding hydrogens is 309 g/mol. The van der Waals surface area contributed by atoms with Crippen molar-refractivity contribution >= 4 is 22.6 Å². The second kappa shape index (κ2) is 6.01. The Hall–Kier alpha value is -0.870. The van der Waals surface area contributed by atoms with Crippen LogP contribution in [-0.2, 0) is 6.54 Å². The Balaban J connectivity index is 1.87. The van der Waals surface area contributed by atoms with Gasteiger partial charge in [-0.3, -0.25) is 0 Å². The first-order valence-electron chi connectivity index (χ1n) is 5.21. The van der Waals surface area contributed by atoms with E-state index in [0.717, 1.165) is 6.54 Å². The van der Waals surface area contributed by atoms with Crippen molar-refractivity contribution in [2.75, 3.05) is 0 Å². The van der Waals surface area contributed by atoms with Gasteiger partial charge in [-0.1, -0.05) is 48.5 Å². The molecule has 0 spiro atoms. The molecule has 1 nitrogen and oxygen atoms in total. The molecule has 16 heavy (non-hydrogen) atoms. The van der Waals surface area contributed by atoms with Crippen molar-refractivity contribution in [3.8, 4) is 0 Å². The zero-order valence-corrected chi connectivity index (χ0v) is 11.0. The lowest BCUT2D eigenvalue weighted by atomic mass is 10.2. The number of hydrogen-bond donors (Lipinski definition) is 1. The molecule has 0 aliphatic carbocycles. The van der Waals surface area contributed by atoms with Gasteiger partial charge in [-0.2, -0.15) is 0 Å². The molecular formula is C14H13IN. The van der Waals surface area contributed by atoms with Gasteiger partial charge in [-0.05, 0) is 39.8 Å². The molecule has 2 rings (SSSR count). The molecule has 2 aromatic carbocycles. The van der Waals surface area contributed by atoms with E-state index in [9.17, 15) is 0 Å². The van der Waals surface area contributed by atoms with E-state index in [4.69, 9.17) is 0 Å². The molecule has 0 atom stereocenters. The molecule has 0 aliphatic heterocycles. The number of halogens is 1. The van der Waals surface area contributed by atoms with E-state index in [1.165, 1.54) is 14.7 Å². The van der Waals surface area contributed by atoms with Crippen molar-refractivity contribution in [2.24, 2.45) is 0 Å². The quantitative estimate of drug-likeness (QED) is 0.848. The molecule has 0 unspecified atom stereocenters. The van der Waals surface area contributed by atoms with Crippen molar-refractivity contribution < 1.29 is 0 Å². The molecule has 0 aromatic heterocycles. The fraction of sp³-hybridized carbons (Fsp3) is 0.0714. The third-order valence-electron chi connectivity index (χ3n) is 2.32. The zero-order chi connectivity index (χ0) is 11.2. The normalized spacial score (nSPS) is 10.3. The molecule has 0 amide bonds. The summed E-state index contributed by atoms with van der Waals surface area (Å²) in [5.41, 5.74) is 2.53. The highest BCUT2D eigenvalue weighted by atomic mass is 127. The van der Waals surface area contributed by atoms with Crippen LogP contribution in [0, 0.1) is 10.1 Å². The lowest BCUT2D eigenvalue weighted by Crippen LogP contribution is -2.11. The van der Waals surface area contributed by atoms with E-state index in [1.54, 1.807) is 0 Å². The Labute approximate surface area is 110 Å². The predicted molar refractivity (Wildman–Crippen MR) is 75.8 cm³/mol. The van der Waals surface area contributed by atoms with Gasteiger partial charge in [0.25, 0.3) is 0 Å². The average molecular weight is 322 g/mol. The van der Waals surface area contributed by atoms with E-state index < -0.39 is 0 Å². The van der Waals surface area contributed by atoms with Gasteiger partial charge in [0.2, 0.25) is 0 Å². The Morgan fingerprint density at radius 2 is 1.62 bits per heavy atom. The van der Waals surface area contributed by atoms with Gasteiger partial charge in [-0.25, -0.2) is 0 Å². The fourth-order valence-corrected chi connectivity index (χ4v) is 2.05. The lowest BCUT2D eigenvalue weighted by Gasteiger charge is -2.06. The van der Waals surface area contributed by atoms with Crippen molar-refractivity contribution in [1.29, 1.82) is 0 Å². The smallest absolute Gasteiger partial charge is 0.0521 e. The van der Waals surface area contributed by atoms with Crippen LogP contribution in [0.1, 0.15) is 11.1 Å². The third kappa shape index (κ3) is 3.32. The lowest BCUT2D eigenvalue weighted by molar-refractivity contribution is 0.815. The minimum Gasteiger partial charge on any atom is -0.304 e. The van der Waals surface area contributed by atoms with E-state index in [-0.39, 0.29) is 0 Å². The maximum absolute atomic E-state index is 3.33. The summed E-state index contributed by atoms with van der Waals surface area (Å²) >= 11 is 2.36. The van der Waals surface area contributed by atoms with E-state index in [0.29, 0.717) is 0 Å². The molecule has 0 saturated carbocycles. The van der Waals surface area contributed by atoms with Crippen LogP contribution in [0.4, 0.5) is 0 Å². The Bertz CT molecular complexity index is 439. The minimum atomic E-state index is 0.869. The Kier molecular flexibility index (Phi) is 4.36. The van der Waals surface area contributed by atoms with Crippen LogP contribution in [-0.4, -0.2) is 0 Å². The second-order valence-electron chi connectivity index (χ2n) is 3.53. The highest BCUT2D eigenvalue weighted by Gasteiger charge is 1.97. The summed E-state index contributed by atoms with van der Waals surface area (Å²) in [6.07, 6.45) is 0. The highest BCUT2D eigenvalue weighted by Crippen LogP contribution is 2.11. The highest BCUT2D eigenvalue weighted by molar-refractivity contribution is 14.1. The van der Waals surface area contributed by atoms with Gasteiger partial charge in [0.1, 0.15) is 0 Å². The van der Waals surface area contributed by atoms with E-state index in [2.05, 4.69) is 64.3 Å². The average Bonchev–Trinajstić information content (AvgIpc) is 2.33. The maximum Gasteiger partial charge on any atom is 0.0521 e. The summed E-state index contributed by atoms with van der Waals surface area (Å²) in [6, 6.07) is 18.7. The summed E-state index contributed by atoms with van der Waals surface area (Å²) < 4.78 is 1.30. The monoisotopic (exact) mass is 322 g/mol. The molecule has 81 valence electrons. The summed E-state index contributed by atoms with van der Waals surface area (Å²) in [7, 11) is 0. The second-order valence-corrected chi connectivity index (χ2v) is 4.69. The summed E-state index contributed by atoms with van der Waals surface area (Å²) in [6.45, 7) is 2.91. The minimum absolute atomic E-state index is 0.869. The van der Waals surface area contributed by atoms with Crippen LogP contribution < -0.4 is 5.32 Å². The molecule has 0 heterocycles. The zero-order valence-electron chi connectivity index (χ0n) is 8.86. The first kappa shape index (κ1) is 11.6. The van der Waals surface area contributed by atoms with Crippen LogP contribution >= 0.6 is 22.6 Å². The van der Waals surface area contributed by atoms with Gasteiger partial charge in [0.15, 0.2) is 0 Å². The van der Waals surface area contributed by atoms with Crippen LogP contribution in [0.2, 0.25) is 0 Å². The number of benzene rings is 2. The molecule has 0 bridgehead atoms. The standard InChI is InChI=1S/C14H13IN/c15-14-9-5-4-8-13(14)11-16-10-12-6-2-1-3-7-12/h1-10,16H,11H2. The first-order valence-corrected chi connectivity index (χ1v) is 6.29. The van der Waals surface area contributed by atoms with Crippen LogP contribution in [0.15, 0.2) is 54.6 Å². The number of nitrogens with one attached hydrogen (secondary N) is 1. The van der Waals surface area contributed by atoms with Gasteiger partial charge in [0.05, 0.1) is 6.54 Å². The molecule has 0 aliphatic rings. The van der Waals surface area contributed by atoms with Crippen molar-refractivity contribution in [1.82, 2.24) is 5.32 Å². The molecule has 0 fully saturated rings. The third-order valence-corrected chi connectivity index (χ3v) is 3.37. The molecule has 2 heteroatoms. The summed E-state index contributed by atoms with van der Waals surface area (Å²) in [4.78, 5) is 0. The molecule has 0 saturated heterocycles. The van der Waals surface area contributed by atoms with Gasteiger partial charge < -0.3 is 5.32 Å². The van der Waals surface area contributed by atoms with Crippen LogP contribution in [0.25, 0.3) is 0 Å². The summed E-state index contributed by atoms with van der Waals surface area (Å²) in [5, 5.41) is 3.33.